The van der Waals surface area contributed by atoms with Gasteiger partial charge in [0.15, 0.2) is 11.5 Å². The number of hydrogen-bond donors (Lipinski definition) is 2. The van der Waals surface area contributed by atoms with E-state index in [0.29, 0.717) is 4.47 Å². The van der Waals surface area contributed by atoms with Crippen LogP contribution in [0.3, 0.4) is 0 Å². The number of halogens is 5. The molecule has 0 heterocycles. The molecule has 0 aliphatic heterocycles. The summed E-state index contributed by atoms with van der Waals surface area (Å²) in [5.74, 6) is -0.667. The zero-order valence-corrected chi connectivity index (χ0v) is 11.0. The van der Waals surface area contributed by atoms with Crippen LogP contribution in [0.1, 0.15) is 11.6 Å². The van der Waals surface area contributed by atoms with Crippen molar-refractivity contribution in [3.63, 3.8) is 0 Å². The maximum Gasteiger partial charge on any atom is 0.407 e. The van der Waals surface area contributed by atoms with Gasteiger partial charge in [-0.3, -0.25) is 0 Å². The second kappa shape index (κ2) is 5.79. The Hall–Kier alpha value is -0.660. The summed E-state index contributed by atoms with van der Waals surface area (Å²) in [6.07, 6.45) is -4.62. The van der Waals surface area contributed by atoms with Gasteiger partial charge < -0.3 is 15.6 Å². The van der Waals surface area contributed by atoms with Gasteiger partial charge in [-0.1, -0.05) is 15.9 Å². The third-order valence-corrected chi connectivity index (χ3v) is 2.43. The molecule has 0 aliphatic rings. The molecule has 0 aliphatic carbocycles. The highest BCUT2D eigenvalue weighted by atomic mass is 79.9. The van der Waals surface area contributed by atoms with E-state index in [9.17, 15) is 18.3 Å². The number of hydrogen-bond acceptors (Lipinski definition) is 3. The van der Waals surface area contributed by atoms with E-state index in [1.165, 1.54) is 13.2 Å². The van der Waals surface area contributed by atoms with Crippen LogP contribution in [0.4, 0.5) is 13.2 Å². The van der Waals surface area contributed by atoms with E-state index in [2.05, 4.69) is 15.9 Å². The summed E-state index contributed by atoms with van der Waals surface area (Å²) in [4.78, 5) is 0. The molecule has 0 spiro atoms. The normalized spacial score (nSPS) is 12.8. The number of methoxy groups -OCH3 is 1. The Morgan fingerprint density at radius 1 is 1.41 bits per heavy atom. The predicted molar refractivity (Wildman–Crippen MR) is 62.6 cm³/mol. The van der Waals surface area contributed by atoms with Crippen molar-refractivity contribution in [2.75, 3.05) is 7.11 Å². The van der Waals surface area contributed by atoms with Crippen LogP contribution < -0.4 is 10.5 Å². The summed E-state index contributed by atoms with van der Waals surface area (Å²) in [6.45, 7) is 0. The molecule has 1 atom stereocenters. The molecule has 1 aromatic carbocycles. The van der Waals surface area contributed by atoms with Crippen LogP contribution in [-0.4, -0.2) is 18.4 Å². The van der Waals surface area contributed by atoms with E-state index < -0.39 is 23.5 Å². The van der Waals surface area contributed by atoms with Crippen molar-refractivity contribution in [1.29, 1.82) is 0 Å². The first-order chi connectivity index (χ1) is 7.27. The van der Waals surface area contributed by atoms with E-state index in [-0.39, 0.29) is 18.2 Å². The molecule has 3 N–H and O–H groups in total. The van der Waals surface area contributed by atoms with Gasteiger partial charge in [-0.2, -0.15) is 13.2 Å². The van der Waals surface area contributed by atoms with Crippen molar-refractivity contribution >= 4 is 28.3 Å². The fourth-order valence-electron chi connectivity index (χ4n) is 1.16. The predicted octanol–water partition coefficient (Wildman–Crippen LogP) is 3.15. The molecule has 0 saturated carbocycles. The van der Waals surface area contributed by atoms with Crippen molar-refractivity contribution in [2.24, 2.45) is 5.73 Å². The van der Waals surface area contributed by atoms with Gasteiger partial charge in [-0.15, -0.1) is 12.4 Å². The Morgan fingerprint density at radius 3 is 2.35 bits per heavy atom. The number of aromatic hydroxyl groups is 1. The molecule has 0 aromatic heterocycles. The Kier molecular flexibility index (Phi) is 5.57. The Labute approximate surface area is 110 Å². The lowest BCUT2D eigenvalue weighted by Gasteiger charge is -2.18. The lowest BCUT2D eigenvalue weighted by Crippen LogP contribution is -2.28. The molecule has 0 bridgehead atoms. The summed E-state index contributed by atoms with van der Waals surface area (Å²) in [5.41, 5.74) is 4.57. The summed E-state index contributed by atoms with van der Waals surface area (Å²) >= 11 is 3.01. The minimum atomic E-state index is -4.62. The number of benzene rings is 1. The zero-order valence-electron chi connectivity index (χ0n) is 8.58. The van der Waals surface area contributed by atoms with Crippen molar-refractivity contribution in [2.45, 2.75) is 12.2 Å². The topological polar surface area (TPSA) is 55.5 Å². The number of ether oxygens (including phenoxy) is 1. The fraction of sp³-hybridized carbons (Fsp3) is 0.333. The molecule has 0 saturated heterocycles. The van der Waals surface area contributed by atoms with Gasteiger partial charge in [0.05, 0.1) is 7.11 Å². The van der Waals surface area contributed by atoms with Crippen LogP contribution in [0.5, 0.6) is 11.5 Å². The molecule has 17 heavy (non-hydrogen) atoms. The monoisotopic (exact) mass is 335 g/mol. The summed E-state index contributed by atoms with van der Waals surface area (Å²) in [7, 11) is 1.24. The second-order valence-electron chi connectivity index (χ2n) is 3.07. The van der Waals surface area contributed by atoms with E-state index in [1.54, 1.807) is 0 Å². The molecule has 0 fully saturated rings. The average Bonchev–Trinajstić information content (AvgIpc) is 2.18. The van der Waals surface area contributed by atoms with Crippen LogP contribution in [-0.2, 0) is 0 Å². The van der Waals surface area contributed by atoms with Gasteiger partial charge in [-0.05, 0) is 12.1 Å². The van der Waals surface area contributed by atoms with E-state index in [1.807, 2.05) is 0 Å². The lowest BCUT2D eigenvalue weighted by molar-refractivity contribution is -0.149. The average molecular weight is 337 g/mol. The quantitative estimate of drug-likeness (QED) is 0.872. The van der Waals surface area contributed by atoms with Gasteiger partial charge >= 0.3 is 6.18 Å². The molecule has 1 aromatic rings. The first-order valence-corrected chi connectivity index (χ1v) is 4.95. The SMILES string of the molecule is COc1cc(Br)cc([C@H](N)C(F)(F)F)c1O.Cl. The molecule has 3 nitrogen and oxygen atoms in total. The highest BCUT2D eigenvalue weighted by Gasteiger charge is 2.40. The third kappa shape index (κ3) is 3.65. The molecule has 1 rings (SSSR count). The first kappa shape index (κ1) is 16.3. The maximum absolute atomic E-state index is 12.4. The first-order valence-electron chi connectivity index (χ1n) is 4.16. The number of nitrogens with two attached hydrogens (primary N) is 1. The molecule has 0 unspecified atom stereocenters. The highest BCUT2D eigenvalue weighted by molar-refractivity contribution is 9.10. The molecular weight excluding hydrogens is 326 g/mol. The zero-order chi connectivity index (χ0) is 12.5. The van der Waals surface area contributed by atoms with Crippen molar-refractivity contribution in [3.8, 4) is 11.5 Å². The highest BCUT2D eigenvalue weighted by Crippen LogP contribution is 2.41. The summed E-state index contributed by atoms with van der Waals surface area (Å²) in [5, 5.41) is 9.52. The third-order valence-electron chi connectivity index (χ3n) is 1.98. The van der Waals surface area contributed by atoms with Crippen LogP contribution in [0, 0.1) is 0 Å². The molecule has 0 amide bonds. The van der Waals surface area contributed by atoms with E-state index >= 15 is 0 Å². The molecule has 98 valence electrons. The van der Waals surface area contributed by atoms with Gasteiger partial charge in [0.1, 0.15) is 6.04 Å². The van der Waals surface area contributed by atoms with Crippen molar-refractivity contribution < 1.29 is 23.0 Å². The standard InChI is InChI=1S/C9H9BrF3NO2.ClH/c1-16-6-3-4(10)2-5(7(6)15)8(14)9(11,12)13;/h2-3,8,15H,14H2,1H3;1H/t8-;/m0./s1. The Balaban J connectivity index is 0.00000256. The Bertz CT molecular complexity index is 401. The number of phenols is 1. The smallest absolute Gasteiger partial charge is 0.407 e. The summed E-state index contributed by atoms with van der Waals surface area (Å²) in [6, 6.07) is 0.205. The van der Waals surface area contributed by atoms with Crippen molar-refractivity contribution in [3.05, 3.63) is 22.2 Å². The van der Waals surface area contributed by atoms with Gasteiger partial charge in [0, 0.05) is 10.0 Å². The lowest BCUT2D eigenvalue weighted by atomic mass is 10.1. The summed E-state index contributed by atoms with van der Waals surface area (Å²) < 4.78 is 42.2. The van der Waals surface area contributed by atoms with Crippen LogP contribution in [0.2, 0.25) is 0 Å². The van der Waals surface area contributed by atoms with Crippen LogP contribution >= 0.6 is 28.3 Å². The van der Waals surface area contributed by atoms with Crippen LogP contribution in [0.25, 0.3) is 0 Å². The molecule has 8 heteroatoms. The molecular formula is C9H10BrClF3NO2. The minimum absolute atomic E-state index is 0. The van der Waals surface area contributed by atoms with E-state index in [0.717, 1.165) is 6.07 Å². The fourth-order valence-corrected chi connectivity index (χ4v) is 1.62. The van der Waals surface area contributed by atoms with Crippen LogP contribution in [0.15, 0.2) is 16.6 Å². The number of rotatable bonds is 2. The number of alkyl halides is 3. The molecule has 0 radical (unpaired) electrons. The van der Waals surface area contributed by atoms with Gasteiger partial charge in [-0.25, -0.2) is 0 Å². The largest absolute Gasteiger partial charge is 0.504 e. The van der Waals surface area contributed by atoms with E-state index in [4.69, 9.17) is 10.5 Å². The Morgan fingerprint density at radius 2 is 1.94 bits per heavy atom. The second-order valence-corrected chi connectivity index (χ2v) is 3.98. The van der Waals surface area contributed by atoms with Gasteiger partial charge in [0.2, 0.25) is 0 Å². The van der Waals surface area contributed by atoms with Crippen molar-refractivity contribution in [1.82, 2.24) is 0 Å². The maximum atomic E-state index is 12.4. The number of phenolic OH excluding ortho intramolecular Hbond substituents is 1. The van der Waals surface area contributed by atoms with Gasteiger partial charge in [0.25, 0.3) is 0 Å². The minimum Gasteiger partial charge on any atom is -0.504 e.